The number of esters is 1. The topological polar surface area (TPSA) is 59.5 Å². The Balaban J connectivity index is 1.52. The molecule has 2 aromatic heterocycles. The van der Waals surface area contributed by atoms with Gasteiger partial charge in [-0.05, 0) is 23.9 Å². The number of aryl methyl sites for hydroxylation is 1. The Morgan fingerprint density at radius 3 is 2.62 bits per heavy atom. The maximum Gasteiger partial charge on any atom is 0.358 e. The lowest BCUT2D eigenvalue weighted by Crippen LogP contribution is -2.30. The van der Waals surface area contributed by atoms with E-state index < -0.39 is 5.97 Å². The molecule has 7 heteroatoms. The molecular weight excluding hydrogens is 368 g/mol. The van der Waals surface area contributed by atoms with Crippen molar-refractivity contribution in [3.63, 3.8) is 0 Å². The summed E-state index contributed by atoms with van der Waals surface area (Å²) in [6.45, 7) is 2.18. The fraction of sp³-hybridized carbons (Fsp3) is 0.211. The van der Waals surface area contributed by atoms with Crippen molar-refractivity contribution in [2.24, 2.45) is 0 Å². The summed E-state index contributed by atoms with van der Waals surface area (Å²) in [5.41, 5.74) is 2.42. The zero-order valence-corrected chi connectivity index (χ0v) is 16.1. The molecule has 5 nitrogen and oxygen atoms in total. The number of hydrogen-bond acceptors (Lipinski definition) is 6. The second kappa shape index (κ2) is 8.25. The van der Waals surface area contributed by atoms with Crippen molar-refractivity contribution in [2.45, 2.75) is 13.5 Å². The van der Waals surface area contributed by atoms with Crippen LogP contribution in [0, 0.1) is 6.92 Å². The van der Waals surface area contributed by atoms with E-state index in [1.54, 1.807) is 23.8 Å². The van der Waals surface area contributed by atoms with Crippen molar-refractivity contribution in [3.8, 4) is 9.88 Å². The summed E-state index contributed by atoms with van der Waals surface area (Å²) in [6, 6.07) is 11.8. The highest BCUT2D eigenvalue weighted by molar-refractivity contribution is 7.20. The van der Waals surface area contributed by atoms with Crippen molar-refractivity contribution < 1.29 is 14.3 Å². The first-order valence-corrected chi connectivity index (χ1v) is 9.75. The fourth-order valence-electron chi connectivity index (χ4n) is 2.25. The van der Waals surface area contributed by atoms with Gasteiger partial charge in [-0.15, -0.1) is 22.7 Å². The molecule has 0 saturated carbocycles. The van der Waals surface area contributed by atoms with Gasteiger partial charge >= 0.3 is 5.97 Å². The minimum atomic E-state index is -0.582. The van der Waals surface area contributed by atoms with E-state index in [9.17, 15) is 9.59 Å². The number of thiophene rings is 1. The largest absolute Gasteiger partial charge is 0.451 e. The molecule has 26 heavy (non-hydrogen) atoms. The number of carbonyl (C=O) groups excluding carboxylic acids is 2. The number of thiazole rings is 1. The van der Waals surface area contributed by atoms with Crippen LogP contribution in [0.5, 0.6) is 0 Å². The molecule has 1 aromatic carbocycles. The lowest BCUT2D eigenvalue weighted by molar-refractivity contribution is -0.133. The Hall–Kier alpha value is -2.51. The van der Waals surface area contributed by atoms with Crippen LogP contribution in [-0.2, 0) is 16.1 Å². The predicted molar refractivity (Wildman–Crippen MR) is 103 cm³/mol. The summed E-state index contributed by atoms with van der Waals surface area (Å²) >= 11 is 2.94. The molecule has 0 atom stereocenters. The molecule has 0 aliphatic rings. The van der Waals surface area contributed by atoms with Gasteiger partial charge in [-0.1, -0.05) is 35.9 Å². The number of benzene rings is 1. The van der Waals surface area contributed by atoms with E-state index >= 15 is 0 Å². The van der Waals surface area contributed by atoms with Gasteiger partial charge in [-0.3, -0.25) is 4.79 Å². The molecule has 0 saturated heterocycles. The quantitative estimate of drug-likeness (QED) is 0.601. The molecule has 3 aromatic rings. The molecule has 0 aliphatic carbocycles. The zero-order valence-electron chi connectivity index (χ0n) is 14.5. The molecule has 2 heterocycles. The van der Waals surface area contributed by atoms with Gasteiger partial charge in [0.25, 0.3) is 5.91 Å². The molecule has 0 radical (unpaired) electrons. The molecule has 0 spiro atoms. The van der Waals surface area contributed by atoms with Crippen molar-refractivity contribution in [3.05, 3.63) is 64.0 Å². The van der Waals surface area contributed by atoms with Gasteiger partial charge in [0.1, 0.15) is 5.01 Å². The third kappa shape index (κ3) is 4.56. The van der Waals surface area contributed by atoms with Gasteiger partial charge in [0.05, 0.1) is 4.88 Å². The molecule has 3 rings (SSSR count). The first-order valence-electron chi connectivity index (χ1n) is 7.99. The molecule has 0 N–H and O–H groups in total. The highest BCUT2D eigenvalue weighted by Gasteiger charge is 2.17. The van der Waals surface area contributed by atoms with Crippen molar-refractivity contribution in [1.29, 1.82) is 0 Å². The van der Waals surface area contributed by atoms with Gasteiger partial charge in [0, 0.05) is 19.0 Å². The third-order valence-electron chi connectivity index (χ3n) is 3.74. The molecular formula is C19H18N2O3S2. The number of hydrogen-bond donors (Lipinski definition) is 0. The summed E-state index contributed by atoms with van der Waals surface area (Å²) in [4.78, 5) is 31.1. The van der Waals surface area contributed by atoms with Crippen molar-refractivity contribution in [1.82, 2.24) is 9.88 Å². The Kier molecular flexibility index (Phi) is 5.80. The van der Waals surface area contributed by atoms with Crippen LogP contribution in [0.25, 0.3) is 9.88 Å². The number of aromatic nitrogens is 1. The molecule has 0 unspecified atom stereocenters. The normalized spacial score (nSPS) is 10.5. The van der Waals surface area contributed by atoms with Gasteiger partial charge in [-0.25, -0.2) is 9.78 Å². The lowest BCUT2D eigenvalue weighted by Gasteiger charge is -2.17. The summed E-state index contributed by atoms with van der Waals surface area (Å²) in [5.74, 6) is -0.839. The maximum absolute atomic E-state index is 12.2. The number of carbonyl (C=O) groups is 2. The lowest BCUT2D eigenvalue weighted by atomic mass is 10.1. The third-order valence-corrected chi connectivity index (χ3v) is 5.62. The van der Waals surface area contributed by atoms with Crippen LogP contribution in [0.4, 0.5) is 0 Å². The minimum Gasteiger partial charge on any atom is -0.451 e. The van der Waals surface area contributed by atoms with E-state index in [1.807, 2.05) is 48.7 Å². The Morgan fingerprint density at radius 2 is 1.92 bits per heavy atom. The SMILES string of the molecule is Cc1ccc(CN(C)C(=O)COC(=O)c2csc(-c3cccs3)n2)cc1. The Bertz CT molecular complexity index is 886. The van der Waals surface area contributed by atoms with Gasteiger partial charge < -0.3 is 9.64 Å². The first kappa shape index (κ1) is 18.3. The average molecular weight is 386 g/mol. The zero-order chi connectivity index (χ0) is 18.5. The number of rotatable bonds is 6. The monoisotopic (exact) mass is 386 g/mol. The number of ether oxygens (including phenoxy) is 1. The fourth-order valence-corrected chi connectivity index (χ4v) is 3.85. The van der Waals surface area contributed by atoms with Crippen LogP contribution < -0.4 is 0 Å². The summed E-state index contributed by atoms with van der Waals surface area (Å²) in [6.07, 6.45) is 0. The molecule has 1 amide bonds. The van der Waals surface area contributed by atoms with Crippen LogP contribution in [0.2, 0.25) is 0 Å². The van der Waals surface area contributed by atoms with Gasteiger partial charge in [-0.2, -0.15) is 0 Å². The van der Waals surface area contributed by atoms with Crippen LogP contribution in [0.15, 0.2) is 47.2 Å². The van der Waals surface area contributed by atoms with Gasteiger partial charge in [0.2, 0.25) is 0 Å². The van der Waals surface area contributed by atoms with Crippen LogP contribution >= 0.6 is 22.7 Å². The van der Waals surface area contributed by atoms with Crippen LogP contribution in [0.3, 0.4) is 0 Å². The van der Waals surface area contributed by atoms with E-state index in [4.69, 9.17) is 4.74 Å². The molecule has 0 bridgehead atoms. The smallest absolute Gasteiger partial charge is 0.358 e. The average Bonchev–Trinajstić information content (AvgIpc) is 3.32. The second-order valence-corrected chi connectivity index (χ2v) is 7.63. The minimum absolute atomic E-state index is 0.229. The molecule has 0 fully saturated rings. The number of likely N-dealkylation sites (N-methyl/N-ethyl adjacent to an activating group) is 1. The number of amides is 1. The second-order valence-electron chi connectivity index (χ2n) is 5.83. The van der Waals surface area contributed by atoms with Crippen LogP contribution in [0.1, 0.15) is 21.6 Å². The summed E-state index contributed by atoms with van der Waals surface area (Å²) in [5, 5.41) is 4.38. The van der Waals surface area contributed by atoms with Gasteiger partial charge in [0.15, 0.2) is 12.3 Å². The summed E-state index contributed by atoms with van der Waals surface area (Å²) < 4.78 is 5.12. The van der Waals surface area contributed by atoms with E-state index in [-0.39, 0.29) is 18.2 Å². The first-order chi connectivity index (χ1) is 12.5. The van der Waals surface area contributed by atoms with E-state index in [0.717, 1.165) is 15.4 Å². The van der Waals surface area contributed by atoms with Crippen molar-refractivity contribution >= 4 is 34.6 Å². The summed E-state index contributed by atoms with van der Waals surface area (Å²) in [7, 11) is 1.69. The molecule has 134 valence electrons. The van der Waals surface area contributed by atoms with E-state index in [1.165, 1.54) is 21.8 Å². The van der Waals surface area contributed by atoms with Crippen LogP contribution in [-0.4, -0.2) is 35.4 Å². The van der Waals surface area contributed by atoms with Crippen molar-refractivity contribution in [2.75, 3.05) is 13.7 Å². The van der Waals surface area contributed by atoms with E-state index in [0.29, 0.717) is 6.54 Å². The van der Waals surface area contributed by atoms with E-state index in [2.05, 4.69) is 4.98 Å². The Labute approximate surface area is 159 Å². The number of nitrogens with zero attached hydrogens (tertiary/aromatic N) is 2. The standard InChI is InChI=1S/C19H18N2O3S2/c1-13-5-7-14(8-6-13)10-21(2)17(22)11-24-19(23)15-12-26-18(20-15)16-4-3-9-25-16/h3-9,12H,10-11H2,1-2H3. The molecule has 0 aliphatic heterocycles. The Morgan fingerprint density at radius 1 is 1.15 bits per heavy atom. The maximum atomic E-state index is 12.2. The highest BCUT2D eigenvalue weighted by Crippen LogP contribution is 2.27. The highest BCUT2D eigenvalue weighted by atomic mass is 32.1. The predicted octanol–water partition coefficient (Wildman–Crippen LogP) is 4.00.